The first-order valence-electron chi connectivity index (χ1n) is 9.03. The lowest BCUT2D eigenvalue weighted by atomic mass is 9.76. The molecule has 25 heavy (non-hydrogen) atoms. The largest absolute Gasteiger partial charge is 0.398 e. The molecule has 1 fully saturated rings. The van der Waals surface area contributed by atoms with E-state index in [4.69, 9.17) is 11.5 Å². The van der Waals surface area contributed by atoms with Gasteiger partial charge in [0.25, 0.3) is 0 Å². The topological polar surface area (TPSA) is 76.1 Å². The summed E-state index contributed by atoms with van der Waals surface area (Å²) in [4.78, 5) is 0. The van der Waals surface area contributed by atoms with Gasteiger partial charge < -0.3 is 22.1 Å². The van der Waals surface area contributed by atoms with Gasteiger partial charge in [-0.1, -0.05) is 24.6 Å². The maximum atomic E-state index is 6.80. The molecular weight excluding hydrogens is 328 g/mol. The van der Waals surface area contributed by atoms with Gasteiger partial charge in [0.05, 0.1) is 0 Å². The zero-order valence-corrected chi connectivity index (χ0v) is 15.2. The molecule has 3 unspecified atom stereocenters. The van der Waals surface area contributed by atoms with E-state index in [1.807, 2.05) is 24.3 Å². The summed E-state index contributed by atoms with van der Waals surface area (Å²) in [6.07, 6.45) is 6.64. The van der Waals surface area contributed by atoms with Crippen molar-refractivity contribution in [2.45, 2.75) is 43.9 Å². The highest BCUT2D eigenvalue weighted by Crippen LogP contribution is 2.38. The molecule has 0 bridgehead atoms. The number of benzene rings is 1. The highest BCUT2D eigenvalue weighted by molar-refractivity contribution is 7.07. The first-order chi connectivity index (χ1) is 12.1. The van der Waals surface area contributed by atoms with Gasteiger partial charge in [0.1, 0.15) is 5.66 Å². The van der Waals surface area contributed by atoms with Crippen molar-refractivity contribution >= 4 is 22.7 Å². The average molecular weight is 355 g/mol. The first kappa shape index (κ1) is 16.6. The highest BCUT2D eigenvalue weighted by Gasteiger charge is 2.39. The Bertz CT molecular complexity index is 755. The summed E-state index contributed by atoms with van der Waals surface area (Å²) in [7, 11) is 0. The van der Waals surface area contributed by atoms with Crippen molar-refractivity contribution in [2.75, 3.05) is 5.32 Å². The van der Waals surface area contributed by atoms with E-state index >= 15 is 0 Å². The predicted molar refractivity (Wildman–Crippen MR) is 106 cm³/mol. The molecule has 2 heterocycles. The molecule has 1 aliphatic carbocycles. The lowest BCUT2D eigenvalue weighted by Crippen LogP contribution is -2.56. The van der Waals surface area contributed by atoms with Crippen molar-refractivity contribution in [1.82, 2.24) is 5.32 Å². The number of fused-ring (bicyclic) bond motifs is 1. The van der Waals surface area contributed by atoms with Gasteiger partial charge in [0.2, 0.25) is 0 Å². The van der Waals surface area contributed by atoms with Crippen LogP contribution in [0, 0.1) is 5.92 Å². The van der Waals surface area contributed by atoms with Crippen LogP contribution in [-0.2, 0) is 6.54 Å². The Morgan fingerprint density at radius 2 is 2.12 bits per heavy atom. The number of nitrogens with two attached hydrogens (primary N) is 2. The molecule has 0 saturated heterocycles. The molecule has 1 saturated carbocycles. The summed E-state index contributed by atoms with van der Waals surface area (Å²) in [6.45, 7) is 0.937. The molecule has 5 heteroatoms. The van der Waals surface area contributed by atoms with Gasteiger partial charge in [-0.25, -0.2) is 0 Å². The van der Waals surface area contributed by atoms with E-state index in [2.05, 4.69) is 33.5 Å². The Kier molecular flexibility index (Phi) is 4.54. The van der Waals surface area contributed by atoms with E-state index in [9.17, 15) is 0 Å². The van der Waals surface area contributed by atoms with Crippen LogP contribution in [0.4, 0.5) is 5.69 Å². The highest BCUT2D eigenvalue weighted by atomic mass is 32.1. The summed E-state index contributed by atoms with van der Waals surface area (Å²) in [5.74, 6) is 0.369. The van der Waals surface area contributed by atoms with Gasteiger partial charge in [-0.05, 0) is 53.8 Å². The van der Waals surface area contributed by atoms with Crippen LogP contribution >= 0.6 is 11.3 Å². The van der Waals surface area contributed by atoms with E-state index < -0.39 is 5.66 Å². The molecule has 0 amide bonds. The molecule has 1 aliphatic heterocycles. The third-order valence-corrected chi connectivity index (χ3v) is 6.24. The molecule has 1 aromatic heterocycles. The van der Waals surface area contributed by atoms with Crippen LogP contribution < -0.4 is 22.1 Å². The maximum absolute atomic E-state index is 6.80. The van der Waals surface area contributed by atoms with Gasteiger partial charge >= 0.3 is 0 Å². The first-order valence-corrected chi connectivity index (χ1v) is 9.97. The molecule has 4 rings (SSSR count). The van der Waals surface area contributed by atoms with E-state index in [0.717, 1.165) is 36.3 Å². The molecule has 3 atom stereocenters. The lowest BCUT2D eigenvalue weighted by Gasteiger charge is -2.44. The lowest BCUT2D eigenvalue weighted by molar-refractivity contribution is 0.225. The Hall–Kier alpha value is -1.82. The number of nitrogens with one attached hydrogen (secondary N) is 2. The fourth-order valence-electron chi connectivity index (χ4n) is 4.13. The molecule has 0 spiro atoms. The van der Waals surface area contributed by atoms with Crippen molar-refractivity contribution in [2.24, 2.45) is 17.4 Å². The van der Waals surface area contributed by atoms with Crippen molar-refractivity contribution in [3.63, 3.8) is 0 Å². The van der Waals surface area contributed by atoms with Crippen LogP contribution in [-0.4, -0.2) is 11.7 Å². The van der Waals surface area contributed by atoms with Gasteiger partial charge in [0.15, 0.2) is 0 Å². The van der Waals surface area contributed by atoms with Crippen molar-refractivity contribution in [3.05, 3.63) is 58.3 Å². The minimum Gasteiger partial charge on any atom is -0.398 e. The fraction of sp³-hybridized carbons (Fsp3) is 0.400. The smallest absolute Gasteiger partial charge is 0.110 e. The van der Waals surface area contributed by atoms with E-state index in [-0.39, 0.29) is 0 Å². The van der Waals surface area contributed by atoms with Crippen LogP contribution in [0.5, 0.6) is 0 Å². The summed E-state index contributed by atoms with van der Waals surface area (Å²) in [5.41, 5.74) is 16.8. The standard InChI is InChI=1S/C20H26N4S/c21-18-11-20(22,24-19-7-2-1-6-17(18)19)15-4-3-5-16(10-15)23-12-14-8-9-25-13-14/h1-2,6-9,11,13,15-16,23-24H,3-5,10,12,21-22H2. The Labute approximate surface area is 153 Å². The molecule has 4 nitrogen and oxygen atoms in total. The summed E-state index contributed by atoms with van der Waals surface area (Å²) < 4.78 is 0. The minimum atomic E-state index is -0.568. The molecule has 2 aliphatic rings. The van der Waals surface area contributed by atoms with Crippen molar-refractivity contribution in [1.29, 1.82) is 0 Å². The fourth-order valence-corrected chi connectivity index (χ4v) is 4.80. The summed E-state index contributed by atoms with van der Waals surface area (Å²) >= 11 is 1.75. The van der Waals surface area contributed by atoms with E-state index in [1.165, 1.54) is 18.4 Å². The molecule has 2 aromatic rings. The van der Waals surface area contributed by atoms with Crippen LogP contribution in [0.25, 0.3) is 5.70 Å². The van der Waals surface area contributed by atoms with Gasteiger partial charge in [-0.2, -0.15) is 11.3 Å². The predicted octanol–water partition coefficient (Wildman–Crippen LogP) is 3.48. The second-order valence-corrected chi connectivity index (χ2v) is 8.06. The molecule has 1 aromatic carbocycles. The molecule has 0 radical (unpaired) electrons. The normalized spacial score (nSPS) is 28.8. The van der Waals surface area contributed by atoms with Crippen LogP contribution in [0.15, 0.2) is 47.2 Å². The molecule has 6 N–H and O–H groups in total. The zero-order valence-electron chi connectivity index (χ0n) is 14.4. The second-order valence-electron chi connectivity index (χ2n) is 7.28. The number of hydrogen-bond donors (Lipinski definition) is 4. The van der Waals surface area contributed by atoms with Crippen LogP contribution in [0.3, 0.4) is 0 Å². The van der Waals surface area contributed by atoms with Gasteiger partial charge in [0, 0.05) is 35.5 Å². The van der Waals surface area contributed by atoms with Gasteiger partial charge in [-0.3, -0.25) is 0 Å². The van der Waals surface area contributed by atoms with Crippen molar-refractivity contribution < 1.29 is 0 Å². The number of rotatable bonds is 4. The van der Waals surface area contributed by atoms with Crippen LogP contribution in [0.2, 0.25) is 0 Å². The Morgan fingerprint density at radius 1 is 1.24 bits per heavy atom. The minimum absolute atomic E-state index is 0.369. The van der Waals surface area contributed by atoms with Gasteiger partial charge in [-0.15, -0.1) is 0 Å². The van der Waals surface area contributed by atoms with E-state index in [1.54, 1.807) is 11.3 Å². The number of anilines is 1. The monoisotopic (exact) mass is 354 g/mol. The number of thiophene rings is 1. The van der Waals surface area contributed by atoms with Crippen LogP contribution in [0.1, 0.15) is 36.8 Å². The SMILES string of the molecule is NC1=CC(N)(C2CCCC(NCc3ccsc3)C2)Nc2ccccc21. The summed E-state index contributed by atoms with van der Waals surface area (Å²) in [5, 5.41) is 11.6. The molecule has 132 valence electrons. The number of hydrogen-bond acceptors (Lipinski definition) is 5. The third kappa shape index (κ3) is 3.45. The molecular formula is C20H26N4S. The quantitative estimate of drug-likeness (QED) is 0.678. The average Bonchev–Trinajstić information content (AvgIpc) is 3.14. The second kappa shape index (κ2) is 6.83. The number of para-hydroxylation sites is 1. The Balaban J connectivity index is 1.46. The Morgan fingerprint density at radius 3 is 2.96 bits per heavy atom. The summed E-state index contributed by atoms with van der Waals surface area (Å²) in [6, 6.07) is 10.8. The van der Waals surface area contributed by atoms with Crippen molar-refractivity contribution in [3.8, 4) is 0 Å². The van der Waals surface area contributed by atoms with E-state index in [0.29, 0.717) is 12.0 Å². The third-order valence-electron chi connectivity index (χ3n) is 5.51. The zero-order chi connectivity index (χ0) is 17.3. The maximum Gasteiger partial charge on any atom is 0.110 e.